The molecule has 0 fully saturated rings. The normalized spacial score (nSPS) is 11.1. The van der Waals surface area contributed by atoms with Gasteiger partial charge in [-0.3, -0.25) is 4.79 Å². The van der Waals surface area contributed by atoms with Crippen LogP contribution in [0.5, 0.6) is 0 Å². The summed E-state index contributed by atoms with van der Waals surface area (Å²) >= 11 is 0. The van der Waals surface area contributed by atoms with E-state index >= 15 is 0 Å². The molecule has 0 aliphatic heterocycles. The monoisotopic (exact) mass is 224 g/mol. The van der Waals surface area contributed by atoms with Crippen LogP contribution in [0.2, 0.25) is 0 Å². The summed E-state index contributed by atoms with van der Waals surface area (Å²) in [6, 6.07) is 2.34. The van der Waals surface area contributed by atoms with Crippen molar-refractivity contribution in [1.29, 1.82) is 0 Å². The lowest BCUT2D eigenvalue weighted by molar-refractivity contribution is -0.115. The van der Waals surface area contributed by atoms with Gasteiger partial charge in [0.05, 0.1) is 12.7 Å². The van der Waals surface area contributed by atoms with Crippen LogP contribution < -0.4 is 10.6 Å². The molecule has 0 aromatic carbocycles. The van der Waals surface area contributed by atoms with Gasteiger partial charge in [0.2, 0.25) is 5.91 Å². The van der Waals surface area contributed by atoms with Gasteiger partial charge in [0.15, 0.2) is 0 Å². The lowest BCUT2D eigenvalue weighted by Gasteiger charge is -2.12. The molecule has 1 amide bonds. The van der Waals surface area contributed by atoms with E-state index in [4.69, 9.17) is 0 Å². The van der Waals surface area contributed by atoms with Gasteiger partial charge < -0.3 is 10.6 Å². The fraction of sp³-hybridized carbons (Fsp3) is 0.636. The number of hydrogen-bond acceptors (Lipinski definition) is 3. The molecule has 0 bridgehead atoms. The van der Waals surface area contributed by atoms with E-state index in [1.807, 2.05) is 27.7 Å². The van der Waals surface area contributed by atoms with Gasteiger partial charge in [0, 0.05) is 18.2 Å². The van der Waals surface area contributed by atoms with E-state index in [-0.39, 0.29) is 11.9 Å². The third-order valence-electron chi connectivity index (χ3n) is 2.10. The van der Waals surface area contributed by atoms with Crippen molar-refractivity contribution in [2.45, 2.75) is 39.8 Å². The maximum Gasteiger partial charge on any atom is 0.239 e. The minimum Gasteiger partial charge on any atom is -0.310 e. The van der Waals surface area contributed by atoms with Gasteiger partial charge in [0.25, 0.3) is 0 Å². The van der Waals surface area contributed by atoms with Crippen molar-refractivity contribution in [2.75, 3.05) is 11.9 Å². The van der Waals surface area contributed by atoms with Crippen LogP contribution in [-0.2, 0) is 4.79 Å². The van der Waals surface area contributed by atoms with E-state index in [2.05, 4.69) is 15.7 Å². The Hall–Kier alpha value is -1.36. The zero-order valence-corrected chi connectivity index (χ0v) is 10.3. The van der Waals surface area contributed by atoms with Crippen molar-refractivity contribution in [3.8, 4) is 0 Å². The molecule has 2 N–H and O–H groups in total. The molecule has 0 aliphatic rings. The van der Waals surface area contributed by atoms with Crippen molar-refractivity contribution >= 4 is 11.7 Å². The molecule has 0 aliphatic carbocycles. The number of nitrogens with one attached hydrogen (secondary N) is 2. The Morgan fingerprint density at radius 1 is 1.44 bits per heavy atom. The Morgan fingerprint density at radius 2 is 2.12 bits per heavy atom. The molecule has 0 atom stereocenters. The second-order valence-corrected chi connectivity index (χ2v) is 4.34. The highest BCUT2D eigenvalue weighted by atomic mass is 16.2. The number of amides is 1. The minimum absolute atomic E-state index is 0.0453. The van der Waals surface area contributed by atoms with E-state index < -0.39 is 0 Å². The highest BCUT2D eigenvalue weighted by molar-refractivity contribution is 5.91. The number of carbonyl (C=O) groups excluding carboxylic acids is 1. The molecule has 16 heavy (non-hydrogen) atoms. The fourth-order valence-corrected chi connectivity index (χ4v) is 1.31. The van der Waals surface area contributed by atoms with Crippen LogP contribution in [0, 0.1) is 0 Å². The van der Waals surface area contributed by atoms with Gasteiger partial charge in [-0.05, 0) is 13.8 Å². The SMILES string of the molecule is CC(C)NCC(=O)Nc1ccnn1C(C)C. The number of nitrogens with zero attached hydrogens (tertiary/aromatic N) is 2. The zero-order valence-electron chi connectivity index (χ0n) is 10.3. The van der Waals surface area contributed by atoms with Gasteiger partial charge in [-0.2, -0.15) is 5.10 Å². The lowest BCUT2D eigenvalue weighted by atomic mass is 10.4. The topological polar surface area (TPSA) is 59.0 Å². The Labute approximate surface area is 96.2 Å². The van der Waals surface area contributed by atoms with E-state index in [9.17, 15) is 4.79 Å². The van der Waals surface area contributed by atoms with Crippen molar-refractivity contribution < 1.29 is 4.79 Å². The number of carbonyl (C=O) groups is 1. The quantitative estimate of drug-likeness (QED) is 0.795. The average Bonchev–Trinajstić information content (AvgIpc) is 2.62. The summed E-state index contributed by atoms with van der Waals surface area (Å²) in [5, 5.41) is 10.0. The second kappa shape index (κ2) is 5.65. The first-order chi connectivity index (χ1) is 7.50. The van der Waals surface area contributed by atoms with Gasteiger partial charge in [0.1, 0.15) is 5.82 Å². The number of hydrogen-bond donors (Lipinski definition) is 2. The number of anilines is 1. The van der Waals surface area contributed by atoms with Crippen LogP contribution in [0.3, 0.4) is 0 Å². The van der Waals surface area contributed by atoms with Gasteiger partial charge >= 0.3 is 0 Å². The third-order valence-corrected chi connectivity index (χ3v) is 2.10. The van der Waals surface area contributed by atoms with Crippen LogP contribution in [-0.4, -0.2) is 28.3 Å². The molecule has 90 valence electrons. The van der Waals surface area contributed by atoms with E-state index in [1.165, 1.54) is 0 Å². The highest BCUT2D eigenvalue weighted by Gasteiger charge is 2.09. The molecule has 0 saturated carbocycles. The predicted molar refractivity (Wildman–Crippen MR) is 64.4 cm³/mol. The molecule has 0 spiro atoms. The molecule has 1 heterocycles. The molecule has 0 radical (unpaired) electrons. The summed E-state index contributed by atoms with van der Waals surface area (Å²) in [5.74, 6) is 0.696. The van der Waals surface area contributed by atoms with Crippen LogP contribution >= 0.6 is 0 Å². The van der Waals surface area contributed by atoms with Crippen LogP contribution in [0.25, 0.3) is 0 Å². The summed E-state index contributed by atoms with van der Waals surface area (Å²) in [6.07, 6.45) is 1.69. The molecule has 1 aromatic rings. The van der Waals surface area contributed by atoms with Crippen LogP contribution in [0.4, 0.5) is 5.82 Å². The van der Waals surface area contributed by atoms with E-state index in [0.717, 1.165) is 5.82 Å². The summed E-state index contributed by atoms with van der Waals surface area (Å²) in [6.45, 7) is 8.38. The molecule has 5 heteroatoms. The lowest BCUT2D eigenvalue weighted by Crippen LogP contribution is -2.33. The predicted octanol–water partition coefficient (Wildman–Crippen LogP) is 1.40. The number of rotatable bonds is 5. The summed E-state index contributed by atoms with van der Waals surface area (Å²) in [7, 11) is 0. The minimum atomic E-state index is -0.0453. The smallest absolute Gasteiger partial charge is 0.239 e. The largest absolute Gasteiger partial charge is 0.310 e. The van der Waals surface area contributed by atoms with E-state index in [1.54, 1.807) is 16.9 Å². The Morgan fingerprint density at radius 3 is 2.69 bits per heavy atom. The maximum absolute atomic E-state index is 11.6. The second-order valence-electron chi connectivity index (χ2n) is 4.34. The van der Waals surface area contributed by atoms with Crippen molar-refractivity contribution in [2.24, 2.45) is 0 Å². The van der Waals surface area contributed by atoms with Crippen LogP contribution in [0.1, 0.15) is 33.7 Å². The molecular formula is C11H20N4O. The number of aromatic nitrogens is 2. The Balaban J connectivity index is 2.53. The summed E-state index contributed by atoms with van der Waals surface area (Å²) in [4.78, 5) is 11.6. The van der Waals surface area contributed by atoms with Crippen LogP contribution in [0.15, 0.2) is 12.3 Å². The molecule has 5 nitrogen and oxygen atoms in total. The van der Waals surface area contributed by atoms with Gasteiger partial charge in [-0.25, -0.2) is 4.68 Å². The molecule has 0 unspecified atom stereocenters. The summed E-state index contributed by atoms with van der Waals surface area (Å²) in [5.41, 5.74) is 0. The maximum atomic E-state index is 11.6. The van der Waals surface area contributed by atoms with Crippen molar-refractivity contribution in [3.63, 3.8) is 0 Å². The van der Waals surface area contributed by atoms with Crippen molar-refractivity contribution in [3.05, 3.63) is 12.3 Å². The first-order valence-corrected chi connectivity index (χ1v) is 5.57. The first kappa shape index (κ1) is 12.7. The van der Waals surface area contributed by atoms with Crippen molar-refractivity contribution in [1.82, 2.24) is 15.1 Å². The average molecular weight is 224 g/mol. The third kappa shape index (κ3) is 3.66. The Bertz CT molecular complexity index is 344. The molecule has 1 rings (SSSR count). The van der Waals surface area contributed by atoms with Gasteiger partial charge in [-0.1, -0.05) is 13.8 Å². The van der Waals surface area contributed by atoms with Gasteiger partial charge in [-0.15, -0.1) is 0 Å². The standard InChI is InChI=1S/C11H20N4O/c1-8(2)12-7-11(16)14-10-5-6-13-15(10)9(3)4/h5-6,8-9,12H,7H2,1-4H3,(H,14,16). The molecule has 0 saturated heterocycles. The summed E-state index contributed by atoms with van der Waals surface area (Å²) < 4.78 is 1.78. The fourth-order valence-electron chi connectivity index (χ4n) is 1.31. The Kier molecular flexibility index (Phi) is 4.49. The van der Waals surface area contributed by atoms with E-state index in [0.29, 0.717) is 12.6 Å². The molecule has 1 aromatic heterocycles. The molecular weight excluding hydrogens is 204 g/mol. The zero-order chi connectivity index (χ0) is 12.1. The highest BCUT2D eigenvalue weighted by Crippen LogP contribution is 2.12. The first-order valence-electron chi connectivity index (χ1n) is 5.57.